The molecule has 0 unspecified atom stereocenters. The van der Waals surface area contributed by atoms with Crippen molar-refractivity contribution in [2.45, 2.75) is 6.18 Å². The number of nitrogens with one attached hydrogen (secondary N) is 1. The second kappa shape index (κ2) is 7.53. The van der Waals surface area contributed by atoms with Crippen molar-refractivity contribution in [3.8, 4) is 11.8 Å². The van der Waals surface area contributed by atoms with Gasteiger partial charge in [0.1, 0.15) is 19.8 Å². The zero-order chi connectivity index (χ0) is 15.0. The van der Waals surface area contributed by atoms with Crippen molar-refractivity contribution in [3.05, 3.63) is 29.8 Å². The highest BCUT2D eigenvalue weighted by atomic mass is 19.4. The molecule has 108 valence electrons. The van der Waals surface area contributed by atoms with Gasteiger partial charge in [-0.25, -0.2) is 0 Å². The van der Waals surface area contributed by atoms with E-state index >= 15 is 0 Å². The third-order valence-electron chi connectivity index (χ3n) is 2.00. The molecule has 0 radical (unpaired) electrons. The van der Waals surface area contributed by atoms with Gasteiger partial charge >= 0.3 is 6.18 Å². The number of amides is 1. The van der Waals surface area contributed by atoms with Gasteiger partial charge < -0.3 is 15.2 Å². The number of alkyl halides is 3. The molecule has 1 amide bonds. The first kappa shape index (κ1) is 16.0. The van der Waals surface area contributed by atoms with Crippen LogP contribution in [0.4, 0.5) is 18.9 Å². The topological polar surface area (TPSA) is 58.6 Å². The SMILES string of the molecule is O=C(COCC(F)(F)F)Nc1ccccc1C#CCO. The summed E-state index contributed by atoms with van der Waals surface area (Å²) in [5.41, 5.74) is 0.791. The fraction of sp³-hybridized carbons (Fsp3) is 0.308. The summed E-state index contributed by atoms with van der Waals surface area (Å²) in [4.78, 5) is 11.4. The van der Waals surface area contributed by atoms with E-state index in [2.05, 4.69) is 21.9 Å². The third kappa shape index (κ3) is 6.22. The third-order valence-corrected chi connectivity index (χ3v) is 2.00. The Hall–Kier alpha value is -2.04. The van der Waals surface area contributed by atoms with Crippen molar-refractivity contribution < 1.29 is 27.8 Å². The number of rotatable bonds is 4. The standard InChI is InChI=1S/C13H12F3NO3/c14-13(15,16)9-20-8-12(19)17-11-6-2-1-4-10(11)5-3-7-18/h1-2,4,6,18H,7-9H2,(H,17,19). The van der Waals surface area contributed by atoms with Gasteiger partial charge in [0.15, 0.2) is 0 Å². The van der Waals surface area contributed by atoms with Gasteiger partial charge in [0.05, 0.1) is 5.69 Å². The van der Waals surface area contributed by atoms with Crippen LogP contribution in [0.2, 0.25) is 0 Å². The molecule has 7 heteroatoms. The van der Waals surface area contributed by atoms with E-state index in [1.807, 2.05) is 0 Å². The highest BCUT2D eigenvalue weighted by Crippen LogP contribution is 2.15. The quantitative estimate of drug-likeness (QED) is 0.826. The Morgan fingerprint density at radius 2 is 2.05 bits per heavy atom. The Kier molecular flexibility index (Phi) is 6.03. The highest BCUT2D eigenvalue weighted by Gasteiger charge is 2.27. The molecule has 0 aromatic heterocycles. The second-order valence-electron chi connectivity index (χ2n) is 3.66. The molecule has 0 bridgehead atoms. The zero-order valence-electron chi connectivity index (χ0n) is 10.3. The lowest BCUT2D eigenvalue weighted by Gasteiger charge is -2.09. The number of hydrogen-bond acceptors (Lipinski definition) is 3. The Morgan fingerprint density at radius 1 is 1.35 bits per heavy atom. The number of aliphatic hydroxyl groups is 1. The van der Waals surface area contributed by atoms with E-state index in [9.17, 15) is 18.0 Å². The van der Waals surface area contributed by atoms with Crippen molar-refractivity contribution in [1.29, 1.82) is 0 Å². The van der Waals surface area contributed by atoms with Crippen LogP contribution in [0.5, 0.6) is 0 Å². The van der Waals surface area contributed by atoms with Crippen molar-refractivity contribution in [3.63, 3.8) is 0 Å². The normalized spacial score (nSPS) is 10.6. The van der Waals surface area contributed by atoms with Crippen LogP contribution in [0.25, 0.3) is 0 Å². The van der Waals surface area contributed by atoms with Gasteiger partial charge in [-0.05, 0) is 12.1 Å². The number of anilines is 1. The molecule has 1 aromatic carbocycles. The molecule has 0 saturated carbocycles. The van der Waals surface area contributed by atoms with E-state index in [1.54, 1.807) is 24.3 Å². The zero-order valence-corrected chi connectivity index (χ0v) is 10.3. The van der Waals surface area contributed by atoms with Crippen LogP contribution < -0.4 is 5.32 Å². The summed E-state index contributed by atoms with van der Waals surface area (Å²) in [7, 11) is 0. The molecule has 1 aromatic rings. The van der Waals surface area contributed by atoms with Crippen molar-refractivity contribution >= 4 is 11.6 Å². The number of ether oxygens (including phenoxy) is 1. The molecule has 0 aliphatic rings. The largest absolute Gasteiger partial charge is 0.411 e. The molecule has 4 nitrogen and oxygen atoms in total. The van der Waals surface area contributed by atoms with Crippen molar-refractivity contribution in [2.75, 3.05) is 25.1 Å². The number of hydrogen-bond donors (Lipinski definition) is 2. The van der Waals surface area contributed by atoms with Gasteiger partial charge in [0.25, 0.3) is 0 Å². The first-order valence-corrected chi connectivity index (χ1v) is 5.55. The molecular weight excluding hydrogens is 275 g/mol. The Balaban J connectivity index is 2.58. The fourth-order valence-corrected chi connectivity index (χ4v) is 1.28. The van der Waals surface area contributed by atoms with Crippen LogP contribution in [0.3, 0.4) is 0 Å². The summed E-state index contributed by atoms with van der Waals surface area (Å²) in [6.45, 7) is -2.52. The summed E-state index contributed by atoms with van der Waals surface area (Å²) in [5.74, 6) is 4.31. The minimum atomic E-state index is -4.47. The van der Waals surface area contributed by atoms with Crippen LogP contribution in [-0.2, 0) is 9.53 Å². The Morgan fingerprint density at radius 3 is 2.70 bits per heavy atom. The predicted molar refractivity (Wildman–Crippen MR) is 65.9 cm³/mol. The highest BCUT2D eigenvalue weighted by molar-refractivity contribution is 5.93. The average molecular weight is 287 g/mol. The van der Waals surface area contributed by atoms with Crippen LogP contribution in [0.1, 0.15) is 5.56 Å². The molecule has 0 aliphatic carbocycles. The number of para-hydroxylation sites is 1. The number of aliphatic hydroxyl groups excluding tert-OH is 1. The second-order valence-corrected chi connectivity index (χ2v) is 3.66. The number of halogens is 3. The molecule has 0 saturated heterocycles. The molecule has 1 rings (SSSR count). The van der Waals surface area contributed by atoms with E-state index < -0.39 is 25.3 Å². The minimum Gasteiger partial charge on any atom is -0.384 e. The van der Waals surface area contributed by atoms with Gasteiger partial charge in [-0.15, -0.1) is 0 Å². The first-order valence-electron chi connectivity index (χ1n) is 5.55. The average Bonchev–Trinajstić information content (AvgIpc) is 2.36. The maximum atomic E-state index is 11.8. The first-order chi connectivity index (χ1) is 9.42. The Labute approximate surface area is 113 Å². The predicted octanol–water partition coefficient (Wildman–Crippen LogP) is 1.55. The van der Waals surface area contributed by atoms with Crippen LogP contribution >= 0.6 is 0 Å². The van der Waals surface area contributed by atoms with Gasteiger partial charge in [-0.3, -0.25) is 4.79 Å². The Bertz CT molecular complexity index is 518. The molecule has 0 atom stereocenters. The van der Waals surface area contributed by atoms with Gasteiger partial charge in [-0.2, -0.15) is 13.2 Å². The minimum absolute atomic E-state index is 0.336. The van der Waals surface area contributed by atoms with Gasteiger partial charge in [-0.1, -0.05) is 24.0 Å². The molecule has 0 aliphatic heterocycles. The summed E-state index contributed by atoms with van der Waals surface area (Å²) >= 11 is 0. The molecular formula is C13H12F3NO3. The number of carbonyl (C=O) groups excluding carboxylic acids is 1. The fourth-order valence-electron chi connectivity index (χ4n) is 1.28. The summed E-state index contributed by atoms with van der Waals surface area (Å²) in [5, 5.41) is 11.0. The monoisotopic (exact) mass is 287 g/mol. The maximum Gasteiger partial charge on any atom is 0.411 e. The lowest BCUT2D eigenvalue weighted by molar-refractivity contribution is -0.174. The molecule has 0 spiro atoms. The van der Waals surface area contributed by atoms with E-state index in [0.717, 1.165) is 0 Å². The molecule has 0 fully saturated rings. The molecule has 2 N–H and O–H groups in total. The van der Waals surface area contributed by atoms with E-state index in [4.69, 9.17) is 5.11 Å². The summed E-state index contributed by atoms with van der Waals surface area (Å²) in [6.07, 6.45) is -4.47. The van der Waals surface area contributed by atoms with Crippen LogP contribution in [0, 0.1) is 11.8 Å². The van der Waals surface area contributed by atoms with E-state index in [0.29, 0.717) is 11.3 Å². The van der Waals surface area contributed by atoms with Crippen LogP contribution in [0.15, 0.2) is 24.3 Å². The van der Waals surface area contributed by atoms with Gasteiger partial charge in [0.2, 0.25) is 5.91 Å². The van der Waals surface area contributed by atoms with Gasteiger partial charge in [0, 0.05) is 5.56 Å². The lowest BCUT2D eigenvalue weighted by Crippen LogP contribution is -2.24. The van der Waals surface area contributed by atoms with Crippen LogP contribution in [-0.4, -0.2) is 37.0 Å². The van der Waals surface area contributed by atoms with E-state index in [1.165, 1.54) is 0 Å². The van der Waals surface area contributed by atoms with Crippen molar-refractivity contribution in [1.82, 2.24) is 0 Å². The number of carbonyl (C=O) groups is 1. The summed E-state index contributed by atoms with van der Waals surface area (Å²) in [6, 6.07) is 6.46. The number of benzene rings is 1. The van der Waals surface area contributed by atoms with Crippen molar-refractivity contribution in [2.24, 2.45) is 0 Å². The molecule has 20 heavy (non-hydrogen) atoms. The summed E-state index contributed by atoms with van der Waals surface area (Å²) < 4.78 is 39.8. The smallest absolute Gasteiger partial charge is 0.384 e. The maximum absolute atomic E-state index is 11.8. The molecule has 0 heterocycles. The van der Waals surface area contributed by atoms with E-state index in [-0.39, 0.29) is 6.61 Å². The lowest BCUT2D eigenvalue weighted by atomic mass is 10.2.